The third kappa shape index (κ3) is 9.15. The lowest BCUT2D eigenvalue weighted by atomic mass is 9.72. The number of sulfonamides is 1. The predicted octanol–water partition coefficient (Wildman–Crippen LogP) is 7.57. The fraction of sp³-hybridized carbons (Fsp3) is 0.375. The zero-order valence-corrected chi connectivity index (χ0v) is 38.8. The van der Waals surface area contributed by atoms with E-state index in [0.29, 0.717) is 66.9 Å². The fourth-order valence-electron chi connectivity index (χ4n) is 9.49. The van der Waals surface area contributed by atoms with E-state index in [1.165, 1.54) is 28.8 Å². The number of carbonyl (C=O) groups is 1. The zero-order valence-electron chi connectivity index (χ0n) is 37.2. The molecule has 4 aliphatic rings. The molecule has 350 valence electrons. The molecule has 19 heteroatoms. The van der Waals surface area contributed by atoms with Crippen LogP contribution in [0.2, 0.25) is 5.02 Å². The van der Waals surface area contributed by atoms with Crippen molar-refractivity contribution in [3.63, 3.8) is 0 Å². The van der Waals surface area contributed by atoms with Crippen molar-refractivity contribution in [2.45, 2.75) is 44.1 Å². The molecule has 0 saturated carbocycles. The molecule has 6 aromatic rings. The number of nitro groups is 1. The molecule has 6 heterocycles. The average Bonchev–Trinajstić information content (AvgIpc) is 3.92. The number of nitrogens with one attached hydrogen (secondary N) is 3. The van der Waals surface area contributed by atoms with Crippen molar-refractivity contribution in [2.24, 2.45) is 5.41 Å². The van der Waals surface area contributed by atoms with Crippen LogP contribution in [-0.2, 0) is 19.5 Å². The number of carbonyl (C=O) groups excluding carboxylic acids is 1. The van der Waals surface area contributed by atoms with Crippen molar-refractivity contribution < 1.29 is 37.1 Å². The number of nitrogens with zero attached hydrogens (tertiary/aromatic N) is 5. The summed E-state index contributed by atoms with van der Waals surface area (Å²) in [5, 5.41) is 16.7. The highest BCUT2D eigenvalue weighted by atomic mass is 35.5. The van der Waals surface area contributed by atoms with Gasteiger partial charge in [-0.15, -0.1) is 0 Å². The first-order valence-electron chi connectivity index (χ1n) is 22.5. The molecular weight excluding hydrogens is 900 g/mol. The van der Waals surface area contributed by atoms with Crippen molar-refractivity contribution in [1.29, 1.82) is 0 Å². The van der Waals surface area contributed by atoms with Gasteiger partial charge in [-0.3, -0.25) is 24.4 Å². The van der Waals surface area contributed by atoms with Crippen LogP contribution in [0.1, 0.15) is 49.0 Å². The summed E-state index contributed by atoms with van der Waals surface area (Å²) in [6, 6.07) is 20.7. The minimum absolute atomic E-state index is 0.0124. The number of ether oxygens (including phenoxy) is 4. The number of pyridine rings is 1. The number of hydrogen-bond donors (Lipinski definition) is 3. The van der Waals surface area contributed by atoms with Crippen LogP contribution in [0, 0.1) is 15.5 Å². The smallest absolute Gasteiger partial charge is 0.293 e. The number of halogens is 1. The van der Waals surface area contributed by atoms with E-state index in [2.05, 4.69) is 50.8 Å². The Kier molecular flexibility index (Phi) is 12.1. The van der Waals surface area contributed by atoms with Gasteiger partial charge in [0.05, 0.1) is 52.5 Å². The number of allylic oxidation sites excluding steroid dienone is 1. The third-order valence-corrected chi connectivity index (χ3v) is 14.6. The van der Waals surface area contributed by atoms with Gasteiger partial charge in [-0.05, 0) is 90.4 Å². The molecule has 67 heavy (non-hydrogen) atoms. The van der Waals surface area contributed by atoms with E-state index in [4.69, 9.17) is 35.5 Å². The molecule has 3 aliphatic heterocycles. The number of rotatable bonds is 12. The summed E-state index contributed by atoms with van der Waals surface area (Å²) in [4.78, 5) is 38.3. The summed E-state index contributed by atoms with van der Waals surface area (Å²) in [6.07, 6.45) is 4.61. The minimum atomic E-state index is -4.65. The van der Waals surface area contributed by atoms with Gasteiger partial charge in [0, 0.05) is 67.6 Å². The van der Waals surface area contributed by atoms with Crippen molar-refractivity contribution >= 4 is 72.2 Å². The van der Waals surface area contributed by atoms with E-state index in [-0.39, 0.29) is 42.5 Å². The Hall–Kier alpha value is -6.18. The van der Waals surface area contributed by atoms with Gasteiger partial charge in [0.2, 0.25) is 11.6 Å². The highest BCUT2D eigenvalue weighted by molar-refractivity contribution is 7.90. The number of aromatic amines is 1. The van der Waals surface area contributed by atoms with Gasteiger partial charge in [-0.25, -0.2) is 18.1 Å². The van der Waals surface area contributed by atoms with Crippen LogP contribution in [0.25, 0.3) is 33.3 Å². The van der Waals surface area contributed by atoms with Crippen LogP contribution in [0.15, 0.2) is 89.5 Å². The van der Waals surface area contributed by atoms with Crippen molar-refractivity contribution in [2.75, 3.05) is 82.5 Å². The van der Waals surface area contributed by atoms with Gasteiger partial charge in [-0.2, -0.15) is 0 Å². The van der Waals surface area contributed by atoms with Gasteiger partial charge in [0.15, 0.2) is 0 Å². The number of hydrogen-bond acceptors (Lipinski definition) is 13. The van der Waals surface area contributed by atoms with Crippen LogP contribution in [0.4, 0.5) is 17.1 Å². The molecule has 3 aromatic heterocycles. The van der Waals surface area contributed by atoms with E-state index in [1.807, 2.05) is 36.4 Å². The molecule has 1 aliphatic carbocycles. The summed E-state index contributed by atoms with van der Waals surface area (Å²) < 4.78 is 55.4. The summed E-state index contributed by atoms with van der Waals surface area (Å²) in [5.74, 6) is -0.226. The van der Waals surface area contributed by atoms with Gasteiger partial charge in [0.25, 0.3) is 21.6 Å². The number of H-pyrrole nitrogens is 1. The molecule has 1 amide bonds. The maximum absolute atomic E-state index is 14.5. The monoisotopic (exact) mass is 950 g/mol. The third-order valence-electron chi connectivity index (χ3n) is 13.0. The van der Waals surface area contributed by atoms with Gasteiger partial charge >= 0.3 is 0 Å². The lowest BCUT2D eigenvalue weighted by molar-refractivity contribution is -0.384. The largest absolute Gasteiger partial charge is 0.483 e. The molecule has 0 unspecified atom stereocenters. The Bertz CT molecular complexity index is 3030. The van der Waals surface area contributed by atoms with Crippen molar-refractivity contribution in [3.05, 3.63) is 111 Å². The Morgan fingerprint density at radius 2 is 1.79 bits per heavy atom. The Labute approximate surface area is 392 Å². The van der Waals surface area contributed by atoms with E-state index in [0.717, 1.165) is 61.1 Å². The Morgan fingerprint density at radius 3 is 2.57 bits per heavy atom. The first-order chi connectivity index (χ1) is 32.3. The number of piperazine rings is 1. The second kappa shape index (κ2) is 18.1. The maximum Gasteiger partial charge on any atom is 0.293 e. The summed E-state index contributed by atoms with van der Waals surface area (Å²) in [6.45, 7) is 10.4. The number of aromatic nitrogens is 3. The number of nitro benzene ring substituents is 1. The summed E-state index contributed by atoms with van der Waals surface area (Å²) in [7, 11) is -4.65. The maximum atomic E-state index is 14.5. The van der Waals surface area contributed by atoms with E-state index < -0.39 is 31.4 Å². The molecule has 3 aromatic carbocycles. The zero-order chi connectivity index (χ0) is 46.5. The van der Waals surface area contributed by atoms with E-state index in [1.54, 1.807) is 16.8 Å². The Balaban J connectivity index is 0.962. The van der Waals surface area contributed by atoms with Crippen LogP contribution in [0.5, 0.6) is 11.6 Å². The molecule has 17 nitrogen and oxygen atoms in total. The molecule has 10 rings (SSSR count). The van der Waals surface area contributed by atoms with Crippen molar-refractivity contribution in [1.82, 2.24) is 24.2 Å². The lowest BCUT2D eigenvalue weighted by Crippen LogP contribution is -2.47. The van der Waals surface area contributed by atoms with Crippen LogP contribution < -0.4 is 24.4 Å². The Morgan fingerprint density at radius 1 is 0.985 bits per heavy atom. The quantitative estimate of drug-likeness (QED) is 0.0804. The topological polar surface area (TPSA) is 195 Å². The second-order valence-corrected chi connectivity index (χ2v) is 20.3. The molecule has 2 fully saturated rings. The molecule has 0 bridgehead atoms. The molecule has 1 atom stereocenters. The van der Waals surface area contributed by atoms with Crippen LogP contribution in [0.3, 0.4) is 0 Å². The first kappa shape index (κ1) is 44.6. The number of anilines is 2. The van der Waals surface area contributed by atoms with Gasteiger partial charge < -0.3 is 34.1 Å². The standard InChI is InChI=1S/C48H51ClN8O9S/c1-48(2)13-11-32(38(26-48)30-3-5-33(49)6-4-30)28-54-15-17-55(18-16-54)34-7-9-37(40(24-34)56-42-23-31-12-14-50-45(31)52-43(42)44-47(56)66-22-21-65-44)46(58)53-67(61,62)36-8-10-39(41(25-36)57(59)60)51-27-35-29-63-19-20-64-35/h3-10,12,14,23-25,35,51H,11,13,15-22,26-29H2,1-2H3,(H,50,52)(H,53,58)/t35-/m0/s1. The molecule has 2 saturated heterocycles. The summed E-state index contributed by atoms with van der Waals surface area (Å²) in [5.41, 5.74) is 6.80. The number of benzene rings is 3. The molecule has 3 N–H and O–H groups in total. The fourth-order valence-corrected chi connectivity index (χ4v) is 10.6. The molecule has 0 radical (unpaired) electrons. The van der Waals surface area contributed by atoms with Gasteiger partial charge in [-0.1, -0.05) is 43.2 Å². The first-order valence-corrected chi connectivity index (χ1v) is 24.3. The normalized spacial score (nSPS) is 18.9. The number of fused-ring (bicyclic) bond motifs is 4. The average molecular weight is 952 g/mol. The van der Waals surface area contributed by atoms with E-state index >= 15 is 0 Å². The highest BCUT2D eigenvalue weighted by Gasteiger charge is 2.33. The highest BCUT2D eigenvalue weighted by Crippen LogP contribution is 2.46. The summed E-state index contributed by atoms with van der Waals surface area (Å²) >= 11 is 6.28. The van der Waals surface area contributed by atoms with Crippen LogP contribution in [-0.4, -0.2) is 117 Å². The minimum Gasteiger partial charge on any atom is -0.483 e. The lowest BCUT2D eigenvalue weighted by Gasteiger charge is -2.39. The second-order valence-electron chi connectivity index (χ2n) is 18.2. The van der Waals surface area contributed by atoms with E-state index in [9.17, 15) is 23.3 Å². The van der Waals surface area contributed by atoms with Crippen molar-refractivity contribution in [3.8, 4) is 17.3 Å². The van der Waals surface area contributed by atoms with Crippen LogP contribution >= 0.6 is 11.6 Å². The van der Waals surface area contributed by atoms with Gasteiger partial charge in [0.1, 0.15) is 30.1 Å². The predicted molar refractivity (Wildman–Crippen MR) is 255 cm³/mol. The number of amides is 1. The molecular formula is C48H51ClN8O9S. The SMILES string of the molecule is CC1(C)CCC(CN2CCN(c3ccc(C(=O)NS(=O)(=O)c4ccc(NC[C@H]5COCCO5)c([N+](=O)[O-])c4)c(-n4c5c(c6nc7[nH]ccc7cc64)OCCO5)c3)CC2)=C(c2ccc(Cl)cc2)C1. The molecule has 0 spiro atoms.